The average molecular weight is 321 g/mol. The van der Waals surface area contributed by atoms with E-state index in [0.717, 1.165) is 26.0 Å². The van der Waals surface area contributed by atoms with Crippen LogP contribution in [0.25, 0.3) is 0 Å². The van der Waals surface area contributed by atoms with Crippen molar-refractivity contribution in [2.75, 3.05) is 13.7 Å². The van der Waals surface area contributed by atoms with Gasteiger partial charge >= 0.3 is 0 Å². The average Bonchev–Trinajstić information content (AvgIpc) is 3.17. The Labute approximate surface area is 135 Å². The predicted octanol–water partition coefficient (Wildman–Crippen LogP) is 3.57. The van der Waals surface area contributed by atoms with E-state index < -0.39 is 0 Å². The van der Waals surface area contributed by atoms with Gasteiger partial charge in [0.2, 0.25) is 11.8 Å². The minimum absolute atomic E-state index is 0.306. The molecule has 1 unspecified atom stereocenters. The fourth-order valence-electron chi connectivity index (χ4n) is 2.67. The number of rotatable bonds is 6. The zero-order valence-electron chi connectivity index (χ0n) is 13.2. The molecule has 6 heteroatoms. The molecule has 1 saturated heterocycles. The van der Waals surface area contributed by atoms with Crippen LogP contribution < -0.4 is 0 Å². The minimum Gasteiger partial charge on any atom is -0.424 e. The van der Waals surface area contributed by atoms with Gasteiger partial charge < -0.3 is 9.15 Å². The Kier molecular flexibility index (Phi) is 5.23. The van der Waals surface area contributed by atoms with Gasteiger partial charge in [-0.2, -0.15) is 0 Å². The van der Waals surface area contributed by atoms with Crippen LogP contribution in [-0.4, -0.2) is 28.8 Å². The molecule has 1 aliphatic rings. The number of ether oxygens (including phenoxy) is 1. The molecule has 0 saturated carbocycles. The summed E-state index contributed by atoms with van der Waals surface area (Å²) in [4.78, 5) is 4.90. The third kappa shape index (κ3) is 3.94. The number of aryl methyl sites for hydroxylation is 1. The molecule has 0 amide bonds. The minimum atomic E-state index is 0.306. The zero-order chi connectivity index (χ0) is 15.4. The third-order valence-electron chi connectivity index (χ3n) is 3.82. The zero-order valence-corrected chi connectivity index (χ0v) is 14.1. The molecule has 1 fully saturated rings. The molecule has 5 nitrogen and oxygen atoms in total. The van der Waals surface area contributed by atoms with Crippen LogP contribution in [0.1, 0.15) is 53.8 Å². The Balaban J connectivity index is 1.54. The maximum absolute atomic E-state index is 5.86. The van der Waals surface area contributed by atoms with Crippen molar-refractivity contribution in [1.82, 2.24) is 15.1 Å². The van der Waals surface area contributed by atoms with Gasteiger partial charge in [0.15, 0.2) is 0 Å². The van der Waals surface area contributed by atoms with E-state index >= 15 is 0 Å². The van der Waals surface area contributed by atoms with Crippen LogP contribution in [0.2, 0.25) is 0 Å². The van der Waals surface area contributed by atoms with Gasteiger partial charge in [0.05, 0.1) is 12.6 Å². The first kappa shape index (κ1) is 15.6. The summed E-state index contributed by atoms with van der Waals surface area (Å²) < 4.78 is 11.4. The summed E-state index contributed by atoms with van der Waals surface area (Å²) in [5, 5.41) is 8.08. The van der Waals surface area contributed by atoms with Crippen LogP contribution in [0.5, 0.6) is 0 Å². The quantitative estimate of drug-likeness (QED) is 0.814. The van der Waals surface area contributed by atoms with Gasteiger partial charge in [-0.3, -0.25) is 4.90 Å². The van der Waals surface area contributed by atoms with E-state index in [1.165, 1.54) is 22.6 Å². The summed E-state index contributed by atoms with van der Waals surface area (Å²) in [6, 6.07) is 4.42. The standard InChI is InChI=1S/C16H23N3O2S/c1-3-15-17-18-16(21-15)11-19(2)10-12-7-8-14(22-12)13-6-4-5-9-20-13/h7-8,13H,3-6,9-11H2,1-2H3. The van der Waals surface area contributed by atoms with Crippen molar-refractivity contribution >= 4 is 11.3 Å². The van der Waals surface area contributed by atoms with Crippen LogP contribution in [-0.2, 0) is 24.2 Å². The molecule has 3 heterocycles. The Morgan fingerprint density at radius 3 is 2.82 bits per heavy atom. The topological polar surface area (TPSA) is 51.4 Å². The first-order valence-corrected chi connectivity index (χ1v) is 8.76. The molecule has 1 aliphatic heterocycles. The highest BCUT2D eigenvalue weighted by atomic mass is 32.1. The van der Waals surface area contributed by atoms with Crippen molar-refractivity contribution in [3.05, 3.63) is 33.7 Å². The Morgan fingerprint density at radius 1 is 1.23 bits per heavy atom. The number of hydrogen-bond acceptors (Lipinski definition) is 6. The van der Waals surface area contributed by atoms with Gasteiger partial charge in [0.25, 0.3) is 0 Å². The summed E-state index contributed by atoms with van der Waals surface area (Å²) in [6.45, 7) is 4.48. The van der Waals surface area contributed by atoms with Gasteiger partial charge in [-0.15, -0.1) is 21.5 Å². The van der Waals surface area contributed by atoms with Crippen LogP contribution in [0.4, 0.5) is 0 Å². The lowest BCUT2D eigenvalue weighted by Crippen LogP contribution is -2.16. The van der Waals surface area contributed by atoms with Crippen molar-refractivity contribution < 1.29 is 9.15 Å². The number of nitrogens with zero attached hydrogens (tertiary/aromatic N) is 3. The predicted molar refractivity (Wildman–Crippen MR) is 85.7 cm³/mol. The largest absolute Gasteiger partial charge is 0.424 e. The van der Waals surface area contributed by atoms with Gasteiger partial charge in [-0.05, 0) is 38.4 Å². The van der Waals surface area contributed by atoms with E-state index in [0.29, 0.717) is 24.4 Å². The summed E-state index contributed by atoms with van der Waals surface area (Å²) in [6.07, 6.45) is 4.71. The summed E-state index contributed by atoms with van der Waals surface area (Å²) in [5.74, 6) is 1.39. The molecule has 3 rings (SSSR count). The van der Waals surface area contributed by atoms with Crippen molar-refractivity contribution in [2.45, 2.75) is 51.8 Å². The molecule has 120 valence electrons. The fraction of sp³-hybridized carbons (Fsp3) is 0.625. The SMILES string of the molecule is CCc1nnc(CN(C)Cc2ccc(C3CCCCO3)s2)o1. The Hall–Kier alpha value is -1.24. The fourth-order valence-corrected chi connectivity index (χ4v) is 3.84. The second-order valence-corrected chi connectivity index (χ2v) is 6.97. The highest BCUT2D eigenvalue weighted by molar-refractivity contribution is 7.12. The van der Waals surface area contributed by atoms with Gasteiger partial charge in [-0.1, -0.05) is 6.92 Å². The Morgan fingerprint density at radius 2 is 2.09 bits per heavy atom. The van der Waals surface area contributed by atoms with E-state index in [1.807, 2.05) is 18.3 Å². The summed E-state index contributed by atoms with van der Waals surface area (Å²) in [7, 11) is 2.08. The Bertz CT molecular complexity index is 590. The molecule has 0 aliphatic carbocycles. The van der Waals surface area contributed by atoms with Gasteiger partial charge in [-0.25, -0.2) is 0 Å². The van der Waals surface area contributed by atoms with E-state index in [4.69, 9.17) is 9.15 Å². The van der Waals surface area contributed by atoms with Crippen LogP contribution in [0, 0.1) is 0 Å². The lowest BCUT2D eigenvalue weighted by Gasteiger charge is -2.21. The van der Waals surface area contributed by atoms with Crippen molar-refractivity contribution in [1.29, 1.82) is 0 Å². The molecule has 0 N–H and O–H groups in total. The van der Waals surface area contributed by atoms with E-state index in [9.17, 15) is 0 Å². The van der Waals surface area contributed by atoms with Crippen molar-refractivity contribution in [2.24, 2.45) is 0 Å². The van der Waals surface area contributed by atoms with E-state index in [-0.39, 0.29) is 0 Å². The molecule has 0 spiro atoms. The summed E-state index contributed by atoms with van der Waals surface area (Å²) >= 11 is 1.85. The maximum atomic E-state index is 5.86. The van der Waals surface area contributed by atoms with E-state index in [2.05, 4.69) is 34.3 Å². The number of thiophene rings is 1. The maximum Gasteiger partial charge on any atom is 0.230 e. The van der Waals surface area contributed by atoms with Crippen LogP contribution >= 0.6 is 11.3 Å². The highest BCUT2D eigenvalue weighted by Crippen LogP contribution is 2.33. The molecular formula is C16H23N3O2S. The lowest BCUT2D eigenvalue weighted by atomic mass is 10.1. The van der Waals surface area contributed by atoms with E-state index in [1.54, 1.807) is 0 Å². The van der Waals surface area contributed by atoms with Gasteiger partial charge in [0.1, 0.15) is 0 Å². The van der Waals surface area contributed by atoms with Crippen molar-refractivity contribution in [3.8, 4) is 0 Å². The number of aromatic nitrogens is 2. The first-order valence-electron chi connectivity index (χ1n) is 7.94. The van der Waals surface area contributed by atoms with Crippen LogP contribution in [0.15, 0.2) is 16.5 Å². The number of hydrogen-bond donors (Lipinski definition) is 0. The molecule has 1 atom stereocenters. The second kappa shape index (κ2) is 7.35. The molecule has 0 radical (unpaired) electrons. The monoisotopic (exact) mass is 321 g/mol. The van der Waals surface area contributed by atoms with Crippen molar-refractivity contribution in [3.63, 3.8) is 0 Å². The molecule has 22 heavy (non-hydrogen) atoms. The normalized spacial score (nSPS) is 19.0. The second-order valence-electron chi connectivity index (χ2n) is 5.77. The van der Waals surface area contributed by atoms with Crippen LogP contribution in [0.3, 0.4) is 0 Å². The highest BCUT2D eigenvalue weighted by Gasteiger charge is 2.18. The molecule has 2 aromatic heterocycles. The molecule has 2 aromatic rings. The molecule has 0 bridgehead atoms. The van der Waals surface area contributed by atoms with Gasteiger partial charge in [0, 0.05) is 29.3 Å². The lowest BCUT2D eigenvalue weighted by molar-refractivity contribution is 0.0172. The molecule has 0 aromatic carbocycles. The smallest absolute Gasteiger partial charge is 0.230 e. The summed E-state index contributed by atoms with van der Waals surface area (Å²) in [5.41, 5.74) is 0. The third-order valence-corrected chi connectivity index (χ3v) is 4.98. The molecular weight excluding hydrogens is 298 g/mol. The first-order chi connectivity index (χ1) is 10.7.